The average molecular weight is 382 g/mol. The molecule has 0 amide bonds. The van der Waals surface area contributed by atoms with E-state index < -0.39 is 6.04 Å². The van der Waals surface area contributed by atoms with E-state index in [2.05, 4.69) is 4.90 Å². The monoisotopic (exact) mass is 382 g/mol. The minimum Gasteiger partial charge on any atom is -0.466 e. The molecular formula is C22H26N2O4. The number of benzene rings is 2. The van der Waals surface area contributed by atoms with Gasteiger partial charge >= 0.3 is 5.97 Å². The minimum absolute atomic E-state index is 0.0853. The number of ether oxygens (including phenoxy) is 1. The van der Waals surface area contributed by atoms with Crippen LogP contribution in [-0.2, 0) is 16.1 Å². The van der Waals surface area contributed by atoms with Crippen LogP contribution in [0.4, 0.5) is 0 Å². The van der Waals surface area contributed by atoms with Gasteiger partial charge in [0.25, 0.3) is 0 Å². The van der Waals surface area contributed by atoms with E-state index in [1.165, 1.54) is 0 Å². The van der Waals surface area contributed by atoms with Gasteiger partial charge in [0.15, 0.2) is 0 Å². The topological polar surface area (TPSA) is 72.7 Å². The molecule has 2 aromatic carbocycles. The molecule has 6 heteroatoms. The van der Waals surface area contributed by atoms with Gasteiger partial charge in [-0.1, -0.05) is 60.7 Å². The van der Waals surface area contributed by atoms with E-state index in [0.717, 1.165) is 11.1 Å². The molecule has 0 spiro atoms. The van der Waals surface area contributed by atoms with Crippen LogP contribution in [0.2, 0.25) is 0 Å². The number of nitro groups is 1. The SMILES string of the molecule is CCOC(=O)C[C@@H]1CCN(Cc2ccccc2)[C@@H](c2ccccc2)[C@@H]1[N+](=O)[O-]. The molecule has 0 bridgehead atoms. The lowest BCUT2D eigenvalue weighted by atomic mass is 9.80. The van der Waals surface area contributed by atoms with Crippen molar-refractivity contribution >= 4 is 5.97 Å². The Hall–Kier alpha value is -2.73. The number of likely N-dealkylation sites (tertiary alicyclic amines) is 1. The second kappa shape index (κ2) is 9.46. The highest BCUT2D eigenvalue weighted by Crippen LogP contribution is 2.38. The van der Waals surface area contributed by atoms with Crippen molar-refractivity contribution in [2.75, 3.05) is 13.2 Å². The van der Waals surface area contributed by atoms with Crippen LogP contribution in [0.5, 0.6) is 0 Å². The maximum atomic E-state index is 12.1. The fourth-order valence-corrected chi connectivity index (χ4v) is 4.11. The smallest absolute Gasteiger partial charge is 0.306 e. The molecule has 1 saturated heterocycles. The van der Waals surface area contributed by atoms with E-state index in [9.17, 15) is 14.9 Å². The average Bonchev–Trinajstić information content (AvgIpc) is 2.70. The van der Waals surface area contributed by atoms with Crippen molar-refractivity contribution in [1.29, 1.82) is 0 Å². The first-order chi connectivity index (χ1) is 13.6. The van der Waals surface area contributed by atoms with Crippen LogP contribution >= 0.6 is 0 Å². The first-order valence-corrected chi connectivity index (χ1v) is 9.72. The summed E-state index contributed by atoms with van der Waals surface area (Å²) >= 11 is 0. The van der Waals surface area contributed by atoms with Crippen molar-refractivity contribution in [2.45, 2.75) is 38.4 Å². The van der Waals surface area contributed by atoms with Crippen LogP contribution in [-0.4, -0.2) is 35.0 Å². The van der Waals surface area contributed by atoms with Crippen LogP contribution in [0.25, 0.3) is 0 Å². The van der Waals surface area contributed by atoms with Gasteiger partial charge in [-0.25, -0.2) is 0 Å². The lowest BCUT2D eigenvalue weighted by molar-refractivity contribution is -0.545. The molecule has 28 heavy (non-hydrogen) atoms. The molecule has 0 N–H and O–H groups in total. The molecule has 0 radical (unpaired) electrons. The molecule has 6 nitrogen and oxygen atoms in total. The molecule has 2 aromatic rings. The highest BCUT2D eigenvalue weighted by Gasteiger charge is 2.47. The van der Waals surface area contributed by atoms with E-state index in [1.54, 1.807) is 6.92 Å². The number of hydrogen-bond donors (Lipinski definition) is 0. The number of rotatable bonds is 7. The Bertz CT molecular complexity index is 782. The van der Waals surface area contributed by atoms with Crippen molar-refractivity contribution in [2.24, 2.45) is 5.92 Å². The largest absolute Gasteiger partial charge is 0.466 e. The normalized spacial score (nSPS) is 22.5. The first kappa shape index (κ1) is 20.0. The Kier molecular flexibility index (Phi) is 6.76. The lowest BCUT2D eigenvalue weighted by Crippen LogP contribution is -2.50. The highest BCUT2D eigenvalue weighted by atomic mass is 16.6. The minimum atomic E-state index is -0.857. The molecule has 1 aliphatic rings. The van der Waals surface area contributed by atoms with Crippen LogP contribution in [0.3, 0.4) is 0 Å². The van der Waals surface area contributed by atoms with Gasteiger partial charge in [0.05, 0.1) is 13.0 Å². The number of piperidine rings is 1. The zero-order valence-electron chi connectivity index (χ0n) is 16.1. The number of carbonyl (C=O) groups excluding carboxylic acids is 1. The summed E-state index contributed by atoms with van der Waals surface area (Å²) in [4.78, 5) is 26.1. The number of esters is 1. The zero-order chi connectivity index (χ0) is 19.9. The van der Waals surface area contributed by atoms with Crippen molar-refractivity contribution < 1.29 is 14.5 Å². The van der Waals surface area contributed by atoms with Crippen LogP contribution in [0.15, 0.2) is 60.7 Å². The molecule has 148 valence electrons. The maximum absolute atomic E-state index is 12.1. The third-order valence-electron chi connectivity index (χ3n) is 5.33. The van der Waals surface area contributed by atoms with E-state index in [1.807, 2.05) is 60.7 Å². The quantitative estimate of drug-likeness (QED) is 0.413. The summed E-state index contributed by atoms with van der Waals surface area (Å²) in [6.07, 6.45) is 0.683. The van der Waals surface area contributed by atoms with E-state index in [0.29, 0.717) is 19.5 Å². The van der Waals surface area contributed by atoms with Gasteiger partial charge in [-0.2, -0.15) is 0 Å². The summed E-state index contributed by atoms with van der Waals surface area (Å²) in [5, 5.41) is 12.1. The summed E-state index contributed by atoms with van der Waals surface area (Å²) in [5.41, 5.74) is 2.03. The fourth-order valence-electron chi connectivity index (χ4n) is 4.11. The Morgan fingerprint density at radius 2 is 1.79 bits per heavy atom. The Labute approximate surface area is 165 Å². The number of nitrogens with zero attached hydrogens (tertiary/aromatic N) is 2. The van der Waals surface area contributed by atoms with Gasteiger partial charge in [0.2, 0.25) is 6.04 Å². The molecule has 3 rings (SSSR count). The molecule has 3 atom stereocenters. The molecule has 0 unspecified atom stereocenters. The number of carbonyl (C=O) groups is 1. The lowest BCUT2D eigenvalue weighted by Gasteiger charge is -2.41. The van der Waals surface area contributed by atoms with Crippen LogP contribution in [0, 0.1) is 16.0 Å². The van der Waals surface area contributed by atoms with E-state index in [-0.39, 0.29) is 35.9 Å². The standard InChI is InChI=1S/C22H26N2O4/c1-2-28-20(25)15-19-13-14-23(16-17-9-5-3-6-10-17)21(22(19)24(26)27)18-11-7-4-8-12-18/h3-12,19,21-22H,2,13-16H2,1H3/t19-,21-,22+/m0/s1. The Morgan fingerprint density at radius 3 is 2.39 bits per heavy atom. The van der Waals surface area contributed by atoms with Crippen LogP contribution < -0.4 is 0 Å². The van der Waals surface area contributed by atoms with Gasteiger partial charge in [0.1, 0.15) is 6.04 Å². The van der Waals surface area contributed by atoms with Crippen molar-refractivity contribution in [1.82, 2.24) is 4.90 Å². The molecular weight excluding hydrogens is 356 g/mol. The third-order valence-corrected chi connectivity index (χ3v) is 5.33. The van der Waals surface area contributed by atoms with Gasteiger partial charge in [-0.05, 0) is 31.0 Å². The van der Waals surface area contributed by atoms with E-state index >= 15 is 0 Å². The zero-order valence-corrected chi connectivity index (χ0v) is 16.1. The Balaban J connectivity index is 1.91. The highest BCUT2D eigenvalue weighted by molar-refractivity contribution is 5.69. The van der Waals surface area contributed by atoms with E-state index in [4.69, 9.17) is 4.74 Å². The number of hydrogen-bond acceptors (Lipinski definition) is 5. The van der Waals surface area contributed by atoms with Gasteiger partial charge in [-0.15, -0.1) is 0 Å². The summed E-state index contributed by atoms with van der Waals surface area (Å²) in [6.45, 7) is 3.37. The summed E-state index contributed by atoms with van der Waals surface area (Å²) in [6, 6.07) is 18.3. The molecule has 1 heterocycles. The van der Waals surface area contributed by atoms with Crippen molar-refractivity contribution in [3.8, 4) is 0 Å². The summed E-state index contributed by atoms with van der Waals surface area (Å²) in [5.74, 6) is -0.700. The second-order valence-electron chi connectivity index (χ2n) is 7.15. The fraction of sp³-hybridized carbons (Fsp3) is 0.409. The predicted molar refractivity (Wildman–Crippen MR) is 106 cm³/mol. The summed E-state index contributed by atoms with van der Waals surface area (Å²) < 4.78 is 5.06. The van der Waals surface area contributed by atoms with Crippen LogP contribution in [0.1, 0.15) is 36.9 Å². The van der Waals surface area contributed by atoms with Gasteiger partial charge in [-0.3, -0.25) is 19.8 Å². The molecule has 0 aliphatic carbocycles. The molecule has 0 saturated carbocycles. The van der Waals surface area contributed by atoms with Gasteiger partial charge in [0, 0.05) is 17.4 Å². The third kappa shape index (κ3) is 4.75. The van der Waals surface area contributed by atoms with Crippen molar-refractivity contribution in [3.63, 3.8) is 0 Å². The maximum Gasteiger partial charge on any atom is 0.306 e. The Morgan fingerprint density at radius 1 is 1.14 bits per heavy atom. The molecule has 1 aliphatic heterocycles. The molecule has 1 fully saturated rings. The predicted octanol–water partition coefficient (Wildman–Crippen LogP) is 3.85. The van der Waals surface area contributed by atoms with Gasteiger partial charge < -0.3 is 4.74 Å². The summed E-state index contributed by atoms with van der Waals surface area (Å²) in [7, 11) is 0. The molecule has 0 aromatic heterocycles. The van der Waals surface area contributed by atoms with Crippen molar-refractivity contribution in [3.05, 3.63) is 81.9 Å². The first-order valence-electron chi connectivity index (χ1n) is 9.72. The second-order valence-corrected chi connectivity index (χ2v) is 7.15.